The van der Waals surface area contributed by atoms with Gasteiger partial charge >= 0.3 is 0 Å². The minimum atomic E-state index is -2.76. The summed E-state index contributed by atoms with van der Waals surface area (Å²) < 4.78 is 25.5. The summed E-state index contributed by atoms with van der Waals surface area (Å²) in [5.41, 5.74) is -0.321. The van der Waals surface area contributed by atoms with Crippen molar-refractivity contribution in [3.63, 3.8) is 0 Å². The van der Waals surface area contributed by atoms with Gasteiger partial charge in [0.1, 0.15) is 11.4 Å². The van der Waals surface area contributed by atoms with E-state index in [2.05, 4.69) is 20.5 Å². The van der Waals surface area contributed by atoms with Gasteiger partial charge in [0.15, 0.2) is 0 Å². The van der Waals surface area contributed by atoms with Gasteiger partial charge in [-0.25, -0.2) is 13.8 Å². The molecular formula is C17H16F2N4O2. The zero-order valence-electron chi connectivity index (χ0n) is 13.5. The van der Waals surface area contributed by atoms with Gasteiger partial charge in [-0.3, -0.25) is 9.89 Å². The minimum Gasteiger partial charge on any atom is -0.386 e. The molecule has 0 radical (unpaired) electrons. The standard InChI is InChI=1S/C17H16F2N4O2/c1-17(2,25)10-7-13-9(8-20-23-13)6-14(10)22-16(24)12-5-3-4-11(21-12)15(18)19/h3-8,15,25H,1-2H3,(H,20,23)(H,22,24). The number of aromatic nitrogens is 3. The van der Waals surface area contributed by atoms with Crippen LogP contribution in [0.25, 0.3) is 10.9 Å². The molecule has 25 heavy (non-hydrogen) atoms. The Kier molecular flexibility index (Phi) is 4.22. The van der Waals surface area contributed by atoms with Crippen molar-refractivity contribution in [3.05, 3.63) is 53.5 Å². The lowest BCUT2D eigenvalue weighted by molar-refractivity contribution is 0.0794. The number of anilines is 1. The Morgan fingerprint density at radius 2 is 2.08 bits per heavy atom. The maximum Gasteiger partial charge on any atom is 0.280 e. The maximum atomic E-state index is 12.8. The molecular weight excluding hydrogens is 330 g/mol. The number of hydrogen-bond donors (Lipinski definition) is 3. The van der Waals surface area contributed by atoms with Crippen LogP contribution in [-0.2, 0) is 5.60 Å². The minimum absolute atomic E-state index is 0.133. The molecule has 3 N–H and O–H groups in total. The highest BCUT2D eigenvalue weighted by molar-refractivity contribution is 6.04. The number of amides is 1. The van der Waals surface area contributed by atoms with Crippen molar-refractivity contribution in [2.24, 2.45) is 0 Å². The molecule has 1 aromatic carbocycles. The molecule has 0 saturated heterocycles. The molecule has 0 fully saturated rings. The van der Waals surface area contributed by atoms with Crippen molar-refractivity contribution in [2.45, 2.75) is 25.9 Å². The van der Waals surface area contributed by atoms with E-state index in [1.807, 2.05) is 0 Å². The van der Waals surface area contributed by atoms with E-state index in [0.29, 0.717) is 16.8 Å². The second kappa shape index (κ2) is 6.21. The Bertz CT molecular complexity index is 932. The van der Waals surface area contributed by atoms with E-state index in [0.717, 1.165) is 11.5 Å². The van der Waals surface area contributed by atoms with E-state index in [9.17, 15) is 18.7 Å². The van der Waals surface area contributed by atoms with Crippen LogP contribution in [0.15, 0.2) is 36.5 Å². The number of fused-ring (bicyclic) bond motifs is 1. The van der Waals surface area contributed by atoms with Crippen molar-refractivity contribution in [2.75, 3.05) is 5.32 Å². The molecule has 6 nitrogen and oxygen atoms in total. The Balaban J connectivity index is 1.99. The largest absolute Gasteiger partial charge is 0.386 e. The number of hydrogen-bond acceptors (Lipinski definition) is 4. The molecule has 0 aliphatic carbocycles. The molecule has 0 spiro atoms. The van der Waals surface area contributed by atoms with Crippen LogP contribution in [0.5, 0.6) is 0 Å². The highest BCUT2D eigenvalue weighted by Gasteiger charge is 2.23. The monoisotopic (exact) mass is 346 g/mol. The fourth-order valence-electron chi connectivity index (χ4n) is 2.49. The van der Waals surface area contributed by atoms with Crippen molar-refractivity contribution in [1.29, 1.82) is 0 Å². The normalized spacial score (nSPS) is 11.9. The molecule has 3 aromatic rings. The van der Waals surface area contributed by atoms with Gasteiger partial charge in [0.2, 0.25) is 0 Å². The molecule has 0 unspecified atom stereocenters. The molecule has 0 aliphatic rings. The highest BCUT2D eigenvalue weighted by atomic mass is 19.3. The fraction of sp³-hybridized carbons (Fsp3) is 0.235. The van der Waals surface area contributed by atoms with Crippen molar-refractivity contribution < 1.29 is 18.7 Å². The zero-order valence-corrected chi connectivity index (χ0v) is 13.5. The van der Waals surface area contributed by atoms with Crippen LogP contribution < -0.4 is 5.32 Å². The molecule has 130 valence electrons. The lowest BCUT2D eigenvalue weighted by Gasteiger charge is -2.22. The van der Waals surface area contributed by atoms with Gasteiger partial charge in [-0.2, -0.15) is 5.10 Å². The number of alkyl halides is 2. The first-order valence-corrected chi connectivity index (χ1v) is 7.52. The molecule has 2 heterocycles. The van der Waals surface area contributed by atoms with Crippen LogP contribution >= 0.6 is 0 Å². The third-order valence-corrected chi connectivity index (χ3v) is 3.71. The number of halogens is 2. The molecule has 0 aliphatic heterocycles. The zero-order chi connectivity index (χ0) is 18.2. The van der Waals surface area contributed by atoms with Crippen molar-refractivity contribution in [1.82, 2.24) is 15.2 Å². The van der Waals surface area contributed by atoms with Crippen LogP contribution in [0.2, 0.25) is 0 Å². The number of nitrogens with zero attached hydrogens (tertiary/aromatic N) is 2. The van der Waals surface area contributed by atoms with Crippen LogP contribution in [0.4, 0.5) is 14.5 Å². The summed E-state index contributed by atoms with van der Waals surface area (Å²) in [5.74, 6) is -0.643. The van der Waals surface area contributed by atoms with E-state index >= 15 is 0 Å². The number of carbonyl (C=O) groups is 1. The Morgan fingerprint density at radius 1 is 1.32 bits per heavy atom. The average molecular weight is 346 g/mol. The predicted octanol–water partition coefficient (Wildman–Crippen LogP) is 3.38. The first-order valence-electron chi connectivity index (χ1n) is 7.52. The molecule has 2 aromatic heterocycles. The number of rotatable bonds is 4. The van der Waals surface area contributed by atoms with E-state index in [1.54, 1.807) is 32.2 Å². The number of aliphatic hydroxyl groups is 1. The van der Waals surface area contributed by atoms with Crippen LogP contribution in [-0.4, -0.2) is 26.2 Å². The van der Waals surface area contributed by atoms with Gasteiger partial charge in [-0.1, -0.05) is 6.07 Å². The Morgan fingerprint density at radius 3 is 2.76 bits per heavy atom. The molecule has 0 saturated carbocycles. The second-order valence-electron chi connectivity index (χ2n) is 6.12. The van der Waals surface area contributed by atoms with E-state index in [1.165, 1.54) is 12.1 Å². The topological polar surface area (TPSA) is 90.9 Å². The average Bonchev–Trinajstić information content (AvgIpc) is 3.00. The maximum absolute atomic E-state index is 12.8. The highest BCUT2D eigenvalue weighted by Crippen LogP contribution is 2.31. The SMILES string of the molecule is CC(C)(O)c1cc2[nH]ncc2cc1NC(=O)c1cccc(C(F)F)n1. The lowest BCUT2D eigenvalue weighted by atomic mass is 9.95. The number of H-pyrrole nitrogens is 1. The van der Waals surface area contributed by atoms with Gasteiger partial charge in [0.25, 0.3) is 12.3 Å². The fourth-order valence-corrected chi connectivity index (χ4v) is 2.49. The van der Waals surface area contributed by atoms with Gasteiger partial charge in [0.05, 0.1) is 17.3 Å². The predicted molar refractivity (Wildman–Crippen MR) is 88.5 cm³/mol. The van der Waals surface area contributed by atoms with Crippen LogP contribution in [0, 0.1) is 0 Å². The third kappa shape index (κ3) is 3.48. The van der Waals surface area contributed by atoms with Gasteiger partial charge < -0.3 is 10.4 Å². The smallest absolute Gasteiger partial charge is 0.280 e. The number of benzene rings is 1. The van der Waals surface area contributed by atoms with E-state index in [4.69, 9.17) is 0 Å². The summed E-state index contributed by atoms with van der Waals surface area (Å²) in [6.07, 6.45) is -1.18. The van der Waals surface area contributed by atoms with Gasteiger partial charge in [0, 0.05) is 16.6 Å². The summed E-state index contributed by atoms with van der Waals surface area (Å²) in [4.78, 5) is 16.1. The summed E-state index contributed by atoms with van der Waals surface area (Å²) in [6, 6.07) is 7.18. The van der Waals surface area contributed by atoms with Crippen molar-refractivity contribution >= 4 is 22.5 Å². The van der Waals surface area contributed by atoms with Crippen LogP contribution in [0.1, 0.15) is 42.0 Å². The van der Waals surface area contributed by atoms with Gasteiger partial charge in [-0.05, 0) is 38.1 Å². The number of aromatic amines is 1. The number of carbonyl (C=O) groups excluding carboxylic acids is 1. The van der Waals surface area contributed by atoms with Gasteiger partial charge in [-0.15, -0.1) is 0 Å². The van der Waals surface area contributed by atoms with E-state index in [-0.39, 0.29) is 5.69 Å². The molecule has 3 rings (SSSR count). The van der Waals surface area contributed by atoms with Crippen LogP contribution in [0.3, 0.4) is 0 Å². The quantitative estimate of drug-likeness (QED) is 0.675. The lowest BCUT2D eigenvalue weighted by Crippen LogP contribution is -2.21. The third-order valence-electron chi connectivity index (χ3n) is 3.71. The molecule has 1 amide bonds. The molecule has 0 atom stereocenters. The molecule has 0 bridgehead atoms. The second-order valence-corrected chi connectivity index (χ2v) is 6.12. The number of nitrogens with one attached hydrogen (secondary N) is 2. The number of pyridine rings is 1. The van der Waals surface area contributed by atoms with Crippen molar-refractivity contribution in [3.8, 4) is 0 Å². The summed E-state index contributed by atoms with van der Waals surface area (Å²) in [7, 11) is 0. The summed E-state index contributed by atoms with van der Waals surface area (Å²) >= 11 is 0. The molecule has 8 heteroatoms. The Hall–Kier alpha value is -2.87. The Labute approximate surface area is 141 Å². The van der Waals surface area contributed by atoms with E-state index < -0.39 is 23.6 Å². The first-order chi connectivity index (χ1) is 11.8. The summed E-state index contributed by atoms with van der Waals surface area (Å²) in [6.45, 7) is 3.16. The summed E-state index contributed by atoms with van der Waals surface area (Å²) in [5, 5.41) is 20.4. The first kappa shape index (κ1) is 17.0.